The Bertz CT molecular complexity index is 393. The monoisotopic (exact) mass is 282 g/mol. The number of unbranched alkanes of at least 4 members (excludes halogenated alkanes) is 2. The molecule has 0 aromatic heterocycles. The Labute approximate surface area is 119 Å². The Kier molecular flexibility index (Phi) is 7.01. The van der Waals surface area contributed by atoms with Crippen LogP contribution in [0.1, 0.15) is 33.1 Å². The Hall–Kier alpha value is -1.62. The molecule has 5 heteroatoms. The molecule has 1 aliphatic rings. The third-order valence-electron chi connectivity index (χ3n) is 2.76. The third kappa shape index (κ3) is 7.09. The van der Waals surface area contributed by atoms with Gasteiger partial charge in [-0.25, -0.2) is 9.59 Å². The van der Waals surface area contributed by atoms with Crippen molar-refractivity contribution in [1.82, 2.24) is 0 Å². The zero-order chi connectivity index (χ0) is 15.0. The van der Waals surface area contributed by atoms with E-state index in [4.69, 9.17) is 14.2 Å². The summed E-state index contributed by atoms with van der Waals surface area (Å²) in [6.07, 6.45) is 4.30. The summed E-state index contributed by atoms with van der Waals surface area (Å²) in [5, 5.41) is 0. The summed E-state index contributed by atoms with van der Waals surface area (Å²) in [4.78, 5) is 22.6. The van der Waals surface area contributed by atoms with E-state index in [1.165, 1.54) is 0 Å². The largest absolute Gasteiger partial charge is 0.462 e. The minimum atomic E-state index is -0.359. The van der Waals surface area contributed by atoms with E-state index >= 15 is 0 Å². The van der Waals surface area contributed by atoms with Gasteiger partial charge in [0.2, 0.25) is 0 Å². The lowest BCUT2D eigenvalue weighted by Crippen LogP contribution is -2.10. The molecule has 0 radical (unpaired) electrons. The second-order valence-electron chi connectivity index (χ2n) is 4.85. The predicted octanol–water partition coefficient (Wildman–Crippen LogP) is 2.16. The van der Waals surface area contributed by atoms with Gasteiger partial charge in [-0.3, -0.25) is 0 Å². The fourth-order valence-corrected chi connectivity index (χ4v) is 1.38. The first-order valence-corrected chi connectivity index (χ1v) is 6.79. The van der Waals surface area contributed by atoms with E-state index in [1.807, 2.05) is 6.08 Å². The molecule has 0 saturated carbocycles. The highest BCUT2D eigenvalue weighted by molar-refractivity contribution is 5.87. The molecule has 1 rings (SSSR count). The van der Waals surface area contributed by atoms with Crippen LogP contribution in [0.4, 0.5) is 0 Å². The van der Waals surface area contributed by atoms with Gasteiger partial charge < -0.3 is 14.2 Å². The van der Waals surface area contributed by atoms with Gasteiger partial charge in [0.15, 0.2) is 0 Å². The van der Waals surface area contributed by atoms with Crippen LogP contribution in [0.25, 0.3) is 0 Å². The fraction of sp³-hybridized carbons (Fsp3) is 0.600. The molecule has 0 amide bonds. The Balaban J connectivity index is 2.05. The summed E-state index contributed by atoms with van der Waals surface area (Å²) in [5.74, 6) is -0.656. The Morgan fingerprint density at radius 3 is 2.55 bits per heavy atom. The van der Waals surface area contributed by atoms with Crippen LogP contribution in [0, 0.1) is 0 Å². The summed E-state index contributed by atoms with van der Waals surface area (Å²) in [6.45, 7) is 8.24. The van der Waals surface area contributed by atoms with Gasteiger partial charge in [-0.15, -0.1) is 0 Å². The molecule has 0 bridgehead atoms. The van der Waals surface area contributed by atoms with E-state index in [0.717, 1.165) is 19.3 Å². The van der Waals surface area contributed by atoms with Crippen molar-refractivity contribution in [3.63, 3.8) is 0 Å². The molecule has 20 heavy (non-hydrogen) atoms. The van der Waals surface area contributed by atoms with Gasteiger partial charge >= 0.3 is 11.9 Å². The van der Waals surface area contributed by atoms with Gasteiger partial charge in [0.1, 0.15) is 12.7 Å². The van der Waals surface area contributed by atoms with Crippen LogP contribution >= 0.6 is 0 Å². The number of ether oxygens (including phenoxy) is 3. The van der Waals surface area contributed by atoms with Crippen molar-refractivity contribution in [2.45, 2.75) is 39.2 Å². The molecule has 1 aliphatic heterocycles. The number of carbonyl (C=O) groups excluding carboxylic acids is 2. The first-order valence-electron chi connectivity index (χ1n) is 6.79. The van der Waals surface area contributed by atoms with E-state index in [0.29, 0.717) is 31.0 Å². The zero-order valence-electron chi connectivity index (χ0n) is 12.1. The Morgan fingerprint density at radius 1 is 1.25 bits per heavy atom. The van der Waals surface area contributed by atoms with Crippen molar-refractivity contribution in [2.24, 2.45) is 0 Å². The smallest absolute Gasteiger partial charge is 0.333 e. The summed E-state index contributed by atoms with van der Waals surface area (Å²) < 4.78 is 15.0. The molecule has 1 atom stereocenters. The molecule has 1 unspecified atom stereocenters. The molecule has 0 aliphatic carbocycles. The van der Waals surface area contributed by atoms with Crippen LogP contribution in [0.3, 0.4) is 0 Å². The minimum Gasteiger partial charge on any atom is -0.462 e. The maximum absolute atomic E-state index is 11.5. The molecule has 0 N–H and O–H groups in total. The van der Waals surface area contributed by atoms with Gasteiger partial charge in [-0.2, -0.15) is 0 Å². The van der Waals surface area contributed by atoms with E-state index < -0.39 is 0 Å². The number of rotatable bonds is 9. The lowest BCUT2D eigenvalue weighted by atomic mass is 10.2. The lowest BCUT2D eigenvalue weighted by Gasteiger charge is -2.04. The second kappa shape index (κ2) is 8.53. The first-order chi connectivity index (χ1) is 9.50. The van der Waals surface area contributed by atoms with Crippen LogP contribution in [0.5, 0.6) is 0 Å². The van der Waals surface area contributed by atoms with Crippen LogP contribution in [-0.2, 0) is 23.8 Å². The van der Waals surface area contributed by atoms with Crippen molar-refractivity contribution >= 4 is 11.9 Å². The number of allylic oxidation sites excluding steroid dienone is 1. The third-order valence-corrected chi connectivity index (χ3v) is 2.76. The van der Waals surface area contributed by atoms with E-state index in [1.54, 1.807) is 13.8 Å². The highest BCUT2D eigenvalue weighted by Gasteiger charge is 2.24. The summed E-state index contributed by atoms with van der Waals surface area (Å²) >= 11 is 0. The zero-order valence-corrected chi connectivity index (χ0v) is 12.1. The van der Waals surface area contributed by atoms with Crippen molar-refractivity contribution in [1.29, 1.82) is 0 Å². The predicted molar refractivity (Wildman–Crippen MR) is 74.1 cm³/mol. The molecule has 1 fully saturated rings. The van der Waals surface area contributed by atoms with Crippen molar-refractivity contribution in [3.8, 4) is 0 Å². The molecular formula is C15H22O5. The lowest BCUT2D eigenvalue weighted by molar-refractivity contribution is -0.140. The standard InChI is InChI=1S/C15H22O5/c1-11(2)14(16)18-8-6-4-5-7-12(3)15(17)20-10-13-9-19-13/h7,13H,1,4-6,8-10H2,2-3H3. The molecule has 0 aromatic carbocycles. The number of hydrogen-bond acceptors (Lipinski definition) is 5. The number of epoxide rings is 1. The summed E-state index contributed by atoms with van der Waals surface area (Å²) in [5.41, 5.74) is 1.01. The maximum atomic E-state index is 11.5. The second-order valence-corrected chi connectivity index (χ2v) is 4.85. The SMILES string of the molecule is C=C(C)C(=O)OCCCCC=C(C)C(=O)OCC1CO1. The van der Waals surface area contributed by atoms with E-state index in [2.05, 4.69) is 6.58 Å². The van der Waals surface area contributed by atoms with Crippen molar-refractivity contribution in [2.75, 3.05) is 19.8 Å². The average Bonchev–Trinajstić information content (AvgIpc) is 3.23. The van der Waals surface area contributed by atoms with Crippen LogP contribution in [0.15, 0.2) is 23.8 Å². The molecule has 0 spiro atoms. The van der Waals surface area contributed by atoms with E-state index in [-0.39, 0.29) is 18.0 Å². The number of carbonyl (C=O) groups is 2. The van der Waals surface area contributed by atoms with Crippen LogP contribution in [-0.4, -0.2) is 37.9 Å². The molecule has 1 saturated heterocycles. The van der Waals surface area contributed by atoms with Gasteiger partial charge in [0, 0.05) is 11.1 Å². The van der Waals surface area contributed by atoms with Crippen molar-refractivity contribution < 1.29 is 23.8 Å². The quantitative estimate of drug-likeness (QED) is 0.281. The van der Waals surface area contributed by atoms with E-state index in [9.17, 15) is 9.59 Å². The fourth-order valence-electron chi connectivity index (χ4n) is 1.38. The maximum Gasteiger partial charge on any atom is 0.333 e. The Morgan fingerprint density at radius 2 is 1.95 bits per heavy atom. The van der Waals surface area contributed by atoms with Crippen molar-refractivity contribution in [3.05, 3.63) is 23.8 Å². The van der Waals surface area contributed by atoms with Gasteiger partial charge in [-0.05, 0) is 33.1 Å². The van der Waals surface area contributed by atoms with Gasteiger partial charge in [0.05, 0.1) is 13.2 Å². The molecule has 0 aromatic rings. The average molecular weight is 282 g/mol. The number of esters is 2. The molecule has 112 valence electrons. The minimum absolute atomic E-state index is 0.0924. The van der Waals surface area contributed by atoms with Gasteiger partial charge in [0.25, 0.3) is 0 Å². The number of hydrogen-bond donors (Lipinski definition) is 0. The first kappa shape index (κ1) is 16.4. The molecular weight excluding hydrogens is 260 g/mol. The van der Waals surface area contributed by atoms with Crippen LogP contribution in [0.2, 0.25) is 0 Å². The topological polar surface area (TPSA) is 65.1 Å². The highest BCUT2D eigenvalue weighted by atomic mass is 16.6. The molecule has 5 nitrogen and oxygen atoms in total. The highest BCUT2D eigenvalue weighted by Crippen LogP contribution is 2.10. The summed E-state index contributed by atoms with van der Waals surface area (Å²) in [6, 6.07) is 0. The van der Waals surface area contributed by atoms with Crippen LogP contribution < -0.4 is 0 Å². The van der Waals surface area contributed by atoms with Gasteiger partial charge in [-0.1, -0.05) is 12.7 Å². The molecule has 1 heterocycles. The summed E-state index contributed by atoms with van der Waals surface area (Å²) in [7, 11) is 0. The normalized spacial score (nSPS) is 17.5.